The molecule has 0 saturated heterocycles. The van der Waals surface area contributed by atoms with Gasteiger partial charge in [0, 0.05) is 19.3 Å². The molecule has 0 aliphatic carbocycles. The molecule has 4 atom stereocenters. The summed E-state index contributed by atoms with van der Waals surface area (Å²) in [6.07, 6.45) is -0.737. The van der Waals surface area contributed by atoms with Crippen LogP contribution >= 0.6 is 0 Å². The van der Waals surface area contributed by atoms with Crippen molar-refractivity contribution < 1.29 is 38.9 Å². The molecule has 0 saturated carbocycles. The maximum Gasteiger partial charge on any atom is 0.408 e. The Morgan fingerprint density at radius 1 is 0.540 bits per heavy atom. The van der Waals surface area contributed by atoms with E-state index in [0.717, 1.165) is 11.1 Å². The van der Waals surface area contributed by atoms with Gasteiger partial charge in [-0.2, -0.15) is 0 Å². The second kappa shape index (κ2) is 18.4. The van der Waals surface area contributed by atoms with Crippen molar-refractivity contribution in [1.82, 2.24) is 21.3 Å². The number of phenols is 1. The molecule has 0 fully saturated rings. The Kier molecular flexibility index (Phi) is 13.5. The number of phenolic OH excluding ortho intramolecular Hbond substituents is 1. The maximum absolute atomic E-state index is 13.5. The number of hydrogen-bond acceptors (Lipinski definition) is 7. The Morgan fingerprint density at radius 3 is 1.48 bits per heavy atom. The molecular weight excluding hydrogens is 640 g/mol. The highest BCUT2D eigenvalue weighted by molar-refractivity contribution is 5.94. The Bertz CT molecular complexity index is 1720. The van der Waals surface area contributed by atoms with Gasteiger partial charge in [-0.25, -0.2) is 9.59 Å². The summed E-state index contributed by atoms with van der Waals surface area (Å²) in [5.74, 6) is -3.36. The monoisotopic (exact) mass is 680 g/mol. The third-order valence-electron chi connectivity index (χ3n) is 7.76. The van der Waals surface area contributed by atoms with Crippen LogP contribution in [0.5, 0.6) is 5.75 Å². The molecule has 4 amide bonds. The molecule has 6 N–H and O–H groups in total. The predicted molar refractivity (Wildman–Crippen MR) is 185 cm³/mol. The second-order valence-corrected chi connectivity index (χ2v) is 11.7. The van der Waals surface area contributed by atoms with E-state index in [1.807, 2.05) is 24.3 Å². The van der Waals surface area contributed by atoms with Gasteiger partial charge in [0.15, 0.2) is 0 Å². The number of amides is 4. The standard InChI is InChI=1S/C38H40N4O8/c1-25(39-35(45)32(22-27-13-7-3-8-14-27)42-38(49)50-24-29-15-9-4-10-16-29)34(44)40-31(21-26-11-5-2-6-12-26)36(46)41-33(37(47)48)23-28-17-19-30(43)20-18-28/h2-20,25,31-33,43H,21-24H2,1H3,(H,39,45)(H,40,44)(H,41,46)(H,42,49)(H,47,48)/t25-,31-,32-,33-/m0/s1. The van der Waals surface area contributed by atoms with E-state index in [-0.39, 0.29) is 31.6 Å². The lowest BCUT2D eigenvalue weighted by Crippen LogP contribution is -2.58. The molecule has 50 heavy (non-hydrogen) atoms. The summed E-state index contributed by atoms with van der Waals surface area (Å²) in [4.78, 5) is 65.2. The zero-order valence-electron chi connectivity index (χ0n) is 27.5. The zero-order chi connectivity index (χ0) is 35.9. The highest BCUT2D eigenvalue weighted by Gasteiger charge is 2.30. The van der Waals surface area contributed by atoms with Crippen LogP contribution in [0.4, 0.5) is 4.79 Å². The van der Waals surface area contributed by atoms with Crippen molar-refractivity contribution in [2.75, 3.05) is 0 Å². The number of hydrogen-bond donors (Lipinski definition) is 6. The maximum atomic E-state index is 13.5. The molecule has 0 heterocycles. The van der Waals surface area contributed by atoms with Crippen LogP contribution < -0.4 is 21.3 Å². The summed E-state index contributed by atoms with van der Waals surface area (Å²) in [7, 11) is 0. The van der Waals surface area contributed by atoms with Crippen molar-refractivity contribution in [2.24, 2.45) is 0 Å². The number of carboxylic acid groups (broad SMARTS) is 1. The lowest BCUT2D eigenvalue weighted by Gasteiger charge is -2.25. The van der Waals surface area contributed by atoms with Crippen LogP contribution in [0.2, 0.25) is 0 Å². The lowest BCUT2D eigenvalue weighted by atomic mass is 10.0. The van der Waals surface area contributed by atoms with Crippen molar-refractivity contribution in [1.29, 1.82) is 0 Å². The molecule has 0 spiro atoms. The SMILES string of the molecule is C[C@H](NC(=O)[C@H](Cc1ccccc1)NC(=O)OCc1ccccc1)C(=O)N[C@@H](Cc1ccccc1)C(=O)N[C@@H](Cc1ccc(O)cc1)C(=O)O. The number of aromatic hydroxyl groups is 1. The molecule has 0 radical (unpaired) electrons. The molecule has 4 aromatic carbocycles. The lowest BCUT2D eigenvalue weighted by molar-refractivity contribution is -0.142. The van der Waals surface area contributed by atoms with E-state index >= 15 is 0 Å². The van der Waals surface area contributed by atoms with Gasteiger partial charge in [0.2, 0.25) is 17.7 Å². The normalized spacial score (nSPS) is 13.1. The van der Waals surface area contributed by atoms with E-state index in [9.17, 15) is 34.2 Å². The van der Waals surface area contributed by atoms with E-state index in [2.05, 4.69) is 21.3 Å². The van der Waals surface area contributed by atoms with Crippen LogP contribution in [0.3, 0.4) is 0 Å². The first-order chi connectivity index (χ1) is 24.1. The smallest absolute Gasteiger partial charge is 0.408 e. The van der Waals surface area contributed by atoms with Crippen molar-refractivity contribution >= 4 is 29.8 Å². The van der Waals surface area contributed by atoms with Gasteiger partial charge in [0.1, 0.15) is 36.5 Å². The quantitative estimate of drug-likeness (QED) is 0.104. The van der Waals surface area contributed by atoms with Gasteiger partial charge < -0.3 is 36.2 Å². The minimum Gasteiger partial charge on any atom is -0.508 e. The van der Waals surface area contributed by atoms with Gasteiger partial charge in [-0.1, -0.05) is 103 Å². The van der Waals surface area contributed by atoms with Gasteiger partial charge in [-0.15, -0.1) is 0 Å². The Balaban J connectivity index is 1.44. The van der Waals surface area contributed by atoms with Crippen LogP contribution in [0.1, 0.15) is 29.2 Å². The minimum atomic E-state index is -1.33. The average Bonchev–Trinajstić information content (AvgIpc) is 3.12. The molecule has 12 nitrogen and oxygen atoms in total. The van der Waals surface area contributed by atoms with E-state index in [1.54, 1.807) is 78.9 Å². The van der Waals surface area contributed by atoms with E-state index in [0.29, 0.717) is 11.1 Å². The van der Waals surface area contributed by atoms with Crippen LogP contribution in [0.25, 0.3) is 0 Å². The number of alkyl carbamates (subject to hydrolysis) is 1. The molecule has 0 bridgehead atoms. The summed E-state index contributed by atoms with van der Waals surface area (Å²) in [6, 6.07) is 28.1. The second-order valence-electron chi connectivity index (χ2n) is 11.7. The Hall–Kier alpha value is -6.17. The van der Waals surface area contributed by atoms with Crippen molar-refractivity contribution in [2.45, 2.75) is 57.0 Å². The molecule has 0 unspecified atom stereocenters. The molecule has 260 valence electrons. The van der Waals surface area contributed by atoms with Crippen LogP contribution in [-0.2, 0) is 49.8 Å². The molecule has 0 aliphatic rings. The minimum absolute atomic E-state index is 0.00625. The van der Waals surface area contributed by atoms with E-state index < -0.39 is 54.0 Å². The Morgan fingerprint density at radius 2 is 0.960 bits per heavy atom. The summed E-state index contributed by atoms with van der Waals surface area (Å²) < 4.78 is 5.32. The van der Waals surface area contributed by atoms with Crippen molar-refractivity contribution in [3.63, 3.8) is 0 Å². The number of ether oxygens (including phenoxy) is 1. The number of rotatable bonds is 16. The number of aliphatic carboxylic acids is 1. The molecule has 12 heteroatoms. The third kappa shape index (κ3) is 11.8. The molecule has 0 aromatic heterocycles. The number of carbonyl (C=O) groups is 5. The number of nitrogens with one attached hydrogen (secondary N) is 4. The number of carboxylic acids is 1. The van der Waals surface area contributed by atoms with Gasteiger partial charge >= 0.3 is 12.1 Å². The van der Waals surface area contributed by atoms with E-state index in [1.165, 1.54) is 19.1 Å². The summed E-state index contributed by atoms with van der Waals surface area (Å²) >= 11 is 0. The first kappa shape index (κ1) is 36.7. The van der Waals surface area contributed by atoms with E-state index in [4.69, 9.17) is 4.74 Å². The largest absolute Gasteiger partial charge is 0.508 e. The summed E-state index contributed by atoms with van der Waals surface area (Å²) in [5, 5.41) is 29.8. The number of benzene rings is 4. The highest BCUT2D eigenvalue weighted by Crippen LogP contribution is 2.12. The van der Waals surface area contributed by atoms with Gasteiger partial charge in [0.25, 0.3) is 0 Å². The first-order valence-electron chi connectivity index (χ1n) is 16.0. The number of carbonyl (C=O) groups excluding carboxylic acids is 4. The third-order valence-corrected chi connectivity index (χ3v) is 7.76. The average molecular weight is 681 g/mol. The fraction of sp³-hybridized carbons (Fsp3) is 0.237. The Labute approximate surface area is 289 Å². The van der Waals surface area contributed by atoms with Crippen LogP contribution in [0, 0.1) is 0 Å². The fourth-order valence-electron chi connectivity index (χ4n) is 5.04. The summed E-state index contributed by atoms with van der Waals surface area (Å²) in [6.45, 7) is 1.43. The summed E-state index contributed by atoms with van der Waals surface area (Å²) in [5.41, 5.74) is 2.79. The fourth-order valence-corrected chi connectivity index (χ4v) is 5.04. The van der Waals surface area contributed by atoms with Crippen molar-refractivity contribution in [3.8, 4) is 5.75 Å². The zero-order valence-corrected chi connectivity index (χ0v) is 27.5. The molecule has 4 rings (SSSR count). The molecular formula is C38H40N4O8. The molecule has 4 aromatic rings. The first-order valence-corrected chi connectivity index (χ1v) is 16.0. The van der Waals surface area contributed by atoms with Crippen LogP contribution in [-0.4, -0.2) is 64.2 Å². The van der Waals surface area contributed by atoms with Gasteiger partial charge in [-0.3, -0.25) is 14.4 Å². The molecule has 0 aliphatic heterocycles. The van der Waals surface area contributed by atoms with Gasteiger partial charge in [-0.05, 0) is 41.3 Å². The highest BCUT2D eigenvalue weighted by atomic mass is 16.5. The van der Waals surface area contributed by atoms with Crippen LogP contribution in [0.15, 0.2) is 115 Å². The van der Waals surface area contributed by atoms with Crippen molar-refractivity contribution in [3.05, 3.63) is 138 Å². The predicted octanol–water partition coefficient (Wildman–Crippen LogP) is 3.27. The topological polar surface area (TPSA) is 183 Å². The van der Waals surface area contributed by atoms with Gasteiger partial charge in [0.05, 0.1) is 0 Å².